The molecule has 0 bridgehead atoms. The van der Waals surface area contributed by atoms with E-state index in [4.69, 9.17) is 0 Å². The SMILES string of the molecule is C.COC(=O)C1=C(C(=O)OC)CSC1.COC(=O)C1=C(OS(=O)(=O)C(F)(F)F)CSC1. The van der Waals surface area contributed by atoms with Gasteiger partial charge in [-0.2, -0.15) is 33.4 Å². The highest BCUT2D eigenvalue weighted by Gasteiger charge is 2.49. The molecule has 2 rings (SSSR count). The van der Waals surface area contributed by atoms with E-state index in [1.807, 2.05) is 0 Å². The summed E-state index contributed by atoms with van der Waals surface area (Å²) in [6.07, 6.45) is 0. The number of thioether (sulfide) groups is 2. The molecule has 0 aromatic rings. The van der Waals surface area contributed by atoms with Crippen LogP contribution in [0.1, 0.15) is 7.43 Å². The molecule has 0 saturated carbocycles. The van der Waals surface area contributed by atoms with Gasteiger partial charge in [0.25, 0.3) is 0 Å². The first-order valence-corrected chi connectivity index (χ1v) is 11.5. The Morgan fingerprint density at radius 2 is 1.13 bits per heavy atom. The minimum atomic E-state index is -5.73. The maximum atomic E-state index is 12.0. The topological polar surface area (TPSA) is 122 Å². The fourth-order valence-corrected chi connectivity index (χ4v) is 4.69. The quantitative estimate of drug-likeness (QED) is 0.234. The number of esters is 3. The summed E-state index contributed by atoms with van der Waals surface area (Å²) in [7, 11) is -2.10. The van der Waals surface area contributed by atoms with E-state index in [0.717, 1.165) is 18.9 Å². The van der Waals surface area contributed by atoms with Gasteiger partial charge in [0, 0.05) is 17.3 Å². The minimum Gasteiger partial charge on any atom is -0.466 e. The Balaban J connectivity index is 0.000000581. The minimum absolute atomic E-state index is 0. The van der Waals surface area contributed by atoms with Gasteiger partial charge in [0.1, 0.15) is 5.76 Å². The van der Waals surface area contributed by atoms with Crippen LogP contribution in [0.25, 0.3) is 0 Å². The molecule has 2 aliphatic heterocycles. The normalized spacial score (nSPS) is 16.1. The third-order valence-corrected chi connectivity index (χ3v) is 6.39. The Bertz CT molecular complexity index is 835. The van der Waals surface area contributed by atoms with Crippen molar-refractivity contribution in [2.75, 3.05) is 44.3 Å². The highest BCUT2D eigenvalue weighted by molar-refractivity contribution is 8.00. The summed E-state index contributed by atoms with van der Waals surface area (Å²) in [5.74, 6) is -1.33. The smallest absolute Gasteiger partial charge is 0.466 e. The third-order valence-electron chi connectivity index (χ3n) is 3.46. The molecule has 0 atom stereocenters. The van der Waals surface area contributed by atoms with Crippen LogP contribution < -0.4 is 0 Å². The van der Waals surface area contributed by atoms with Crippen molar-refractivity contribution < 1.29 is 54.4 Å². The van der Waals surface area contributed by atoms with E-state index in [9.17, 15) is 36.0 Å². The van der Waals surface area contributed by atoms with Crippen molar-refractivity contribution in [3.63, 3.8) is 0 Å². The third kappa shape index (κ3) is 7.64. The number of halogens is 3. The first-order valence-electron chi connectivity index (χ1n) is 7.74. The van der Waals surface area contributed by atoms with Crippen LogP contribution in [0.15, 0.2) is 22.5 Å². The van der Waals surface area contributed by atoms with Crippen LogP contribution in [0.2, 0.25) is 0 Å². The summed E-state index contributed by atoms with van der Waals surface area (Å²) in [5.41, 5.74) is -4.86. The average Bonchev–Trinajstić information content (AvgIpc) is 3.35. The maximum Gasteiger partial charge on any atom is 0.534 e. The number of hydrogen-bond donors (Lipinski definition) is 0. The number of alkyl halides is 3. The van der Waals surface area contributed by atoms with Crippen molar-refractivity contribution in [2.24, 2.45) is 0 Å². The van der Waals surface area contributed by atoms with Crippen LogP contribution in [-0.4, -0.2) is 76.2 Å². The van der Waals surface area contributed by atoms with Crippen molar-refractivity contribution >= 4 is 51.5 Å². The fraction of sp³-hybridized carbons (Fsp3) is 0.562. The number of carbonyl (C=O) groups excluding carboxylic acids is 3. The van der Waals surface area contributed by atoms with Crippen molar-refractivity contribution in [3.05, 3.63) is 22.5 Å². The van der Waals surface area contributed by atoms with E-state index >= 15 is 0 Å². The van der Waals surface area contributed by atoms with Gasteiger partial charge in [-0.1, -0.05) is 7.43 Å². The predicted octanol–water partition coefficient (Wildman–Crippen LogP) is 2.04. The molecule has 0 aromatic carbocycles. The second kappa shape index (κ2) is 12.2. The molecule has 0 amide bonds. The van der Waals surface area contributed by atoms with Gasteiger partial charge >= 0.3 is 33.5 Å². The lowest BCUT2D eigenvalue weighted by Gasteiger charge is -2.10. The Morgan fingerprint density at radius 1 is 0.774 bits per heavy atom. The summed E-state index contributed by atoms with van der Waals surface area (Å²) >= 11 is 2.56. The van der Waals surface area contributed by atoms with Gasteiger partial charge in [-0.25, -0.2) is 14.4 Å². The molecule has 9 nitrogen and oxygen atoms in total. The van der Waals surface area contributed by atoms with E-state index in [0.29, 0.717) is 22.7 Å². The van der Waals surface area contributed by atoms with E-state index in [2.05, 4.69) is 18.4 Å². The molecule has 0 radical (unpaired) electrons. The standard InChI is InChI=1S/C8H10O4S.C7H7F3O5S2.CH4/c1-11-7(9)5-3-13-4-6(5)8(10)12-2;1-14-6(11)4-2-16-3-5(4)15-17(12,13)7(8,9)10;/h3-4H2,1-2H3;2-3H2,1H3;1H4. The van der Waals surface area contributed by atoms with E-state index in [1.54, 1.807) is 0 Å². The van der Waals surface area contributed by atoms with Crippen molar-refractivity contribution in [3.8, 4) is 0 Å². The van der Waals surface area contributed by atoms with Gasteiger partial charge < -0.3 is 18.4 Å². The zero-order valence-corrected chi connectivity index (χ0v) is 18.3. The van der Waals surface area contributed by atoms with Gasteiger partial charge in [0.15, 0.2) is 0 Å². The molecule has 2 aliphatic rings. The highest BCUT2D eigenvalue weighted by atomic mass is 32.2. The number of hydrogen-bond acceptors (Lipinski definition) is 11. The second-order valence-corrected chi connectivity index (χ2v) is 8.81. The van der Waals surface area contributed by atoms with Gasteiger partial charge in [-0.05, 0) is 0 Å². The van der Waals surface area contributed by atoms with Crippen LogP contribution in [0, 0.1) is 0 Å². The summed E-state index contributed by atoms with van der Waals surface area (Å²) < 4.78 is 74.8. The molecule has 178 valence electrons. The Morgan fingerprint density at radius 3 is 1.52 bits per heavy atom. The first kappa shape index (κ1) is 29.1. The largest absolute Gasteiger partial charge is 0.534 e. The van der Waals surface area contributed by atoms with Crippen LogP contribution in [0.5, 0.6) is 0 Å². The van der Waals surface area contributed by atoms with Crippen LogP contribution in [0.3, 0.4) is 0 Å². The van der Waals surface area contributed by atoms with Crippen LogP contribution in [0.4, 0.5) is 13.2 Å². The van der Waals surface area contributed by atoms with E-state index in [1.165, 1.54) is 26.0 Å². The molecule has 0 spiro atoms. The summed E-state index contributed by atoms with van der Waals surface area (Å²) in [6.45, 7) is 0. The lowest BCUT2D eigenvalue weighted by Crippen LogP contribution is -2.26. The molecule has 0 unspecified atom stereocenters. The predicted molar refractivity (Wildman–Crippen MR) is 108 cm³/mol. The lowest BCUT2D eigenvalue weighted by atomic mass is 10.1. The van der Waals surface area contributed by atoms with Gasteiger partial charge in [-0.3, -0.25) is 0 Å². The molecule has 0 saturated heterocycles. The summed E-state index contributed by atoms with van der Waals surface area (Å²) in [5, 5.41) is 0. The second-order valence-electron chi connectivity index (χ2n) is 5.30. The fourth-order valence-electron chi connectivity index (χ4n) is 2.00. The highest BCUT2D eigenvalue weighted by Crippen LogP contribution is 2.32. The maximum absolute atomic E-state index is 12.0. The Hall–Kier alpha value is -1.87. The molecule has 15 heteroatoms. The average molecular weight is 511 g/mol. The Kier molecular flexibility index (Phi) is 11.5. The molecule has 2 heterocycles. The number of rotatable bonds is 5. The van der Waals surface area contributed by atoms with Gasteiger partial charge in [-0.15, -0.1) is 11.8 Å². The molecule has 0 aromatic heterocycles. The van der Waals surface area contributed by atoms with Crippen molar-refractivity contribution in [2.45, 2.75) is 12.9 Å². The van der Waals surface area contributed by atoms with Crippen molar-refractivity contribution in [1.82, 2.24) is 0 Å². The zero-order chi connectivity index (χ0) is 23.1. The molecule has 0 fully saturated rings. The number of ether oxygens (including phenoxy) is 3. The lowest BCUT2D eigenvalue weighted by molar-refractivity contribution is -0.139. The number of methoxy groups -OCH3 is 3. The molecular formula is C16H21F3O9S3. The molecular weight excluding hydrogens is 489 g/mol. The number of carbonyl (C=O) groups is 3. The zero-order valence-electron chi connectivity index (χ0n) is 15.9. The van der Waals surface area contributed by atoms with Gasteiger partial charge in [0.05, 0.1) is 43.8 Å². The Labute approximate surface area is 185 Å². The van der Waals surface area contributed by atoms with E-state index in [-0.39, 0.29) is 24.5 Å². The van der Waals surface area contributed by atoms with E-state index < -0.39 is 39.3 Å². The molecule has 0 N–H and O–H groups in total. The summed E-state index contributed by atoms with van der Waals surface area (Å²) in [4.78, 5) is 33.4. The van der Waals surface area contributed by atoms with Crippen LogP contribution >= 0.6 is 23.5 Å². The monoisotopic (exact) mass is 510 g/mol. The summed E-state index contributed by atoms with van der Waals surface area (Å²) in [6, 6.07) is 0. The molecule has 31 heavy (non-hydrogen) atoms. The van der Waals surface area contributed by atoms with Crippen LogP contribution in [-0.2, 0) is 42.9 Å². The molecule has 0 aliphatic carbocycles. The first-order chi connectivity index (χ1) is 13.9. The van der Waals surface area contributed by atoms with Gasteiger partial charge in [0.2, 0.25) is 0 Å². The van der Waals surface area contributed by atoms with Crippen molar-refractivity contribution in [1.29, 1.82) is 0 Å².